The van der Waals surface area contributed by atoms with Crippen molar-refractivity contribution < 1.29 is 4.57 Å². The Morgan fingerprint density at radius 1 is 0.286 bits per heavy atom. The molecule has 0 saturated carbocycles. The summed E-state index contributed by atoms with van der Waals surface area (Å²) in [6, 6.07) is 4.87. The Balaban J connectivity index is 2.32. The summed E-state index contributed by atoms with van der Waals surface area (Å²) in [5, 5.41) is 0. The number of hydrogen-bond acceptors (Lipinski definition) is 0. The van der Waals surface area contributed by atoms with Crippen LogP contribution in [-0.2, 0) is 19.4 Å². The molecule has 330 valence electrons. The van der Waals surface area contributed by atoms with Gasteiger partial charge in [-0.15, -0.1) is 0 Å². The molecule has 1 rings (SSSR count). The van der Waals surface area contributed by atoms with Gasteiger partial charge in [-0.1, -0.05) is 278 Å². The largest absolute Gasteiger partial charge is 0.202 e. The first-order valence-electron chi connectivity index (χ1n) is 26.8. The van der Waals surface area contributed by atoms with Gasteiger partial charge in [0.2, 0.25) is 0 Å². The van der Waals surface area contributed by atoms with Crippen LogP contribution in [0.4, 0.5) is 0 Å². The van der Waals surface area contributed by atoms with Gasteiger partial charge in [-0.25, -0.2) is 4.57 Å². The summed E-state index contributed by atoms with van der Waals surface area (Å²) in [5.41, 5.74) is 3.37. The minimum absolute atomic E-state index is 1.24. The van der Waals surface area contributed by atoms with Gasteiger partial charge in [0, 0.05) is 24.5 Å². The monoisotopic (exact) mass is 781 g/mol. The van der Waals surface area contributed by atoms with E-state index in [2.05, 4.69) is 43.7 Å². The predicted molar refractivity (Wildman–Crippen MR) is 254 cm³/mol. The molecule has 0 saturated heterocycles. The number of nitrogens with zero attached hydrogens (tertiary/aromatic N) is 1. The summed E-state index contributed by atoms with van der Waals surface area (Å²) in [6.45, 7) is 8.19. The molecule has 0 fully saturated rings. The SMILES string of the molecule is CCCCCCCCCCCCCCCCCC[n+]1cccc(CCCCCCCCCCCCCCCC)c1CCCCCCCCCCCCCCCC. The molecule has 1 heteroatoms. The molecule has 56 heavy (non-hydrogen) atoms. The Hall–Kier alpha value is -0.850. The highest BCUT2D eigenvalue weighted by Gasteiger charge is 2.15. The van der Waals surface area contributed by atoms with Crippen LogP contribution in [0.3, 0.4) is 0 Å². The average molecular weight is 781 g/mol. The maximum absolute atomic E-state index is 2.70. The molecule has 0 unspecified atom stereocenters. The highest BCUT2D eigenvalue weighted by Crippen LogP contribution is 2.19. The van der Waals surface area contributed by atoms with Gasteiger partial charge >= 0.3 is 0 Å². The Labute approximate surface area is 355 Å². The molecule has 1 nitrogen and oxygen atoms in total. The van der Waals surface area contributed by atoms with E-state index in [0.717, 1.165) is 0 Å². The maximum Gasteiger partial charge on any atom is 0.184 e. The molecule has 0 aliphatic heterocycles. The van der Waals surface area contributed by atoms with Crippen molar-refractivity contribution in [3.05, 3.63) is 29.6 Å². The average Bonchev–Trinajstić information content (AvgIpc) is 3.21. The van der Waals surface area contributed by atoms with Gasteiger partial charge in [-0.2, -0.15) is 0 Å². The number of unbranched alkanes of at least 4 members (excludes halogenated alkanes) is 41. The predicted octanol–water partition coefficient (Wildman–Crippen LogP) is 19.3. The summed E-state index contributed by atoms with van der Waals surface area (Å²) in [6.07, 6.45) is 68.7. The quantitative estimate of drug-likeness (QED) is 0.0458. The lowest BCUT2D eigenvalue weighted by Crippen LogP contribution is -2.39. The lowest BCUT2D eigenvalue weighted by atomic mass is 9.99. The van der Waals surface area contributed by atoms with Crippen LogP contribution in [0.25, 0.3) is 0 Å². The first kappa shape index (κ1) is 53.2. The van der Waals surface area contributed by atoms with Crippen LogP contribution >= 0.6 is 0 Å². The molecule has 1 aromatic rings. The van der Waals surface area contributed by atoms with Crippen LogP contribution in [0.1, 0.15) is 315 Å². The minimum atomic E-state index is 1.24. The number of rotatable bonds is 47. The molecular formula is C55H106N+. The summed E-state index contributed by atoms with van der Waals surface area (Å²) in [7, 11) is 0. The number of aryl methyl sites for hydroxylation is 2. The standard InChI is InChI=1S/C55H106N/c1-4-7-10-13-16-19-22-25-28-29-32-35-38-41-44-47-52-56-53-48-50-54(49-45-42-39-36-33-30-26-23-20-17-14-11-8-5-2)55(56)51-46-43-40-37-34-31-27-24-21-18-15-12-9-6-3/h48,50,53H,4-47,49,51-52H2,1-3H3/q+1. The van der Waals surface area contributed by atoms with Crippen molar-refractivity contribution in [1.82, 2.24) is 0 Å². The number of pyridine rings is 1. The molecule has 1 aromatic heterocycles. The highest BCUT2D eigenvalue weighted by atomic mass is 15.0. The third kappa shape index (κ3) is 36.2. The van der Waals surface area contributed by atoms with Crippen LogP contribution in [-0.4, -0.2) is 0 Å². The van der Waals surface area contributed by atoms with Crippen molar-refractivity contribution in [2.24, 2.45) is 0 Å². The minimum Gasteiger partial charge on any atom is -0.202 e. The van der Waals surface area contributed by atoms with Gasteiger partial charge in [-0.05, 0) is 31.7 Å². The van der Waals surface area contributed by atoms with Crippen LogP contribution < -0.4 is 4.57 Å². The van der Waals surface area contributed by atoms with Crippen molar-refractivity contribution in [2.45, 2.75) is 323 Å². The zero-order valence-corrected chi connectivity index (χ0v) is 39.4. The maximum atomic E-state index is 2.70. The Kier molecular flexibility index (Phi) is 43.0. The molecular weight excluding hydrogens is 675 g/mol. The third-order valence-corrected chi connectivity index (χ3v) is 13.1. The van der Waals surface area contributed by atoms with Crippen molar-refractivity contribution in [2.75, 3.05) is 0 Å². The summed E-state index contributed by atoms with van der Waals surface area (Å²) in [5.74, 6) is 0. The van der Waals surface area contributed by atoms with Gasteiger partial charge in [0.25, 0.3) is 0 Å². The van der Waals surface area contributed by atoms with Gasteiger partial charge < -0.3 is 0 Å². The smallest absolute Gasteiger partial charge is 0.184 e. The second kappa shape index (κ2) is 45.2. The van der Waals surface area contributed by atoms with Gasteiger partial charge in [0.1, 0.15) is 6.54 Å². The molecule has 0 aliphatic carbocycles. The van der Waals surface area contributed by atoms with Crippen molar-refractivity contribution >= 4 is 0 Å². The van der Waals surface area contributed by atoms with Crippen molar-refractivity contribution in [3.63, 3.8) is 0 Å². The van der Waals surface area contributed by atoms with Crippen molar-refractivity contribution in [1.29, 1.82) is 0 Å². The van der Waals surface area contributed by atoms with Gasteiger partial charge in [0.05, 0.1) is 0 Å². The first-order valence-corrected chi connectivity index (χ1v) is 26.8. The van der Waals surface area contributed by atoms with E-state index in [1.165, 1.54) is 302 Å². The topological polar surface area (TPSA) is 3.88 Å². The van der Waals surface area contributed by atoms with Crippen LogP contribution in [0.2, 0.25) is 0 Å². The fraction of sp³-hybridized carbons (Fsp3) is 0.909. The van der Waals surface area contributed by atoms with E-state index in [4.69, 9.17) is 0 Å². The van der Waals surface area contributed by atoms with E-state index in [1.807, 2.05) is 0 Å². The van der Waals surface area contributed by atoms with Gasteiger partial charge in [-0.3, -0.25) is 0 Å². The second-order valence-corrected chi connectivity index (χ2v) is 18.7. The van der Waals surface area contributed by atoms with E-state index >= 15 is 0 Å². The first-order chi connectivity index (χ1) is 27.8. The molecule has 0 amide bonds. The van der Waals surface area contributed by atoms with E-state index in [0.29, 0.717) is 0 Å². The fourth-order valence-corrected chi connectivity index (χ4v) is 9.20. The molecule has 0 aliphatic rings. The summed E-state index contributed by atoms with van der Waals surface area (Å²) in [4.78, 5) is 0. The zero-order valence-electron chi connectivity index (χ0n) is 39.4. The normalized spacial score (nSPS) is 11.6. The molecule has 0 spiro atoms. The molecule has 0 radical (unpaired) electrons. The Morgan fingerprint density at radius 3 is 0.839 bits per heavy atom. The number of aromatic nitrogens is 1. The van der Waals surface area contributed by atoms with Crippen LogP contribution in [0.15, 0.2) is 18.3 Å². The zero-order chi connectivity index (χ0) is 40.1. The van der Waals surface area contributed by atoms with Crippen LogP contribution in [0.5, 0.6) is 0 Å². The molecule has 1 heterocycles. The number of hydrogen-bond donors (Lipinski definition) is 0. The van der Waals surface area contributed by atoms with E-state index < -0.39 is 0 Å². The fourth-order valence-electron chi connectivity index (χ4n) is 9.20. The highest BCUT2D eigenvalue weighted by molar-refractivity contribution is 5.16. The molecule has 0 aromatic carbocycles. The third-order valence-electron chi connectivity index (χ3n) is 13.1. The Morgan fingerprint density at radius 2 is 0.536 bits per heavy atom. The molecule has 0 N–H and O–H groups in total. The van der Waals surface area contributed by atoms with Crippen molar-refractivity contribution in [3.8, 4) is 0 Å². The van der Waals surface area contributed by atoms with E-state index in [9.17, 15) is 0 Å². The van der Waals surface area contributed by atoms with Gasteiger partial charge in [0.15, 0.2) is 11.9 Å². The van der Waals surface area contributed by atoms with E-state index in [-0.39, 0.29) is 0 Å². The van der Waals surface area contributed by atoms with E-state index in [1.54, 1.807) is 11.3 Å². The summed E-state index contributed by atoms with van der Waals surface area (Å²) < 4.78 is 2.70. The molecule has 0 atom stereocenters. The molecule has 0 bridgehead atoms. The lowest BCUT2D eigenvalue weighted by Gasteiger charge is -2.11. The lowest BCUT2D eigenvalue weighted by molar-refractivity contribution is -0.705. The Bertz CT molecular complexity index is 874. The van der Waals surface area contributed by atoms with Crippen LogP contribution in [0, 0.1) is 0 Å². The summed E-state index contributed by atoms with van der Waals surface area (Å²) >= 11 is 0. The second-order valence-electron chi connectivity index (χ2n) is 18.7.